The Morgan fingerprint density at radius 2 is 1.82 bits per heavy atom. The second-order valence-electron chi connectivity index (χ2n) is 8.16. The van der Waals surface area contributed by atoms with Gasteiger partial charge in [0.1, 0.15) is 24.4 Å². The monoisotopic (exact) mass is 334 g/mol. The SMILES string of the molecule is CC1(C)O[C@H]2O[C@H]([C@H](O)CO)[C@@H](O[Si](C)(C)C(C)(C)C)[C@H]2O1. The van der Waals surface area contributed by atoms with Crippen molar-refractivity contribution in [1.82, 2.24) is 0 Å². The Hall–Kier alpha value is -0.0231. The summed E-state index contributed by atoms with van der Waals surface area (Å²) in [4.78, 5) is 0. The summed E-state index contributed by atoms with van der Waals surface area (Å²) in [7, 11) is -2.08. The van der Waals surface area contributed by atoms with Crippen LogP contribution < -0.4 is 0 Å². The van der Waals surface area contributed by atoms with E-state index in [9.17, 15) is 10.2 Å². The van der Waals surface area contributed by atoms with E-state index in [-0.39, 0.29) is 11.6 Å². The molecule has 0 bridgehead atoms. The van der Waals surface area contributed by atoms with Crippen LogP contribution in [0.5, 0.6) is 0 Å². The van der Waals surface area contributed by atoms with Crippen molar-refractivity contribution in [1.29, 1.82) is 0 Å². The zero-order valence-electron chi connectivity index (χ0n) is 14.6. The lowest BCUT2D eigenvalue weighted by molar-refractivity contribution is -0.226. The average molecular weight is 334 g/mol. The summed E-state index contributed by atoms with van der Waals surface area (Å²) in [6.07, 6.45) is -3.08. The summed E-state index contributed by atoms with van der Waals surface area (Å²) < 4.78 is 23.9. The molecule has 0 amide bonds. The van der Waals surface area contributed by atoms with Crippen molar-refractivity contribution in [2.45, 2.75) is 89.2 Å². The first kappa shape index (κ1) is 18.3. The molecule has 0 aliphatic carbocycles. The normalized spacial score (nSPS) is 36.4. The molecule has 0 aromatic heterocycles. The lowest BCUT2D eigenvalue weighted by atomic mass is 10.1. The molecule has 0 unspecified atom stereocenters. The minimum Gasteiger partial charge on any atom is -0.408 e. The van der Waals surface area contributed by atoms with Crippen LogP contribution in [0.25, 0.3) is 0 Å². The number of fused-ring (bicyclic) bond motifs is 1. The van der Waals surface area contributed by atoms with Crippen molar-refractivity contribution < 1.29 is 28.8 Å². The van der Waals surface area contributed by atoms with E-state index in [2.05, 4.69) is 33.9 Å². The van der Waals surface area contributed by atoms with Gasteiger partial charge in [-0.15, -0.1) is 0 Å². The topological polar surface area (TPSA) is 77.4 Å². The first-order valence-electron chi connectivity index (χ1n) is 7.86. The zero-order chi connectivity index (χ0) is 16.9. The number of aliphatic hydroxyl groups excluding tert-OH is 2. The van der Waals surface area contributed by atoms with Gasteiger partial charge in [0, 0.05) is 0 Å². The van der Waals surface area contributed by atoms with Crippen LogP contribution in [0.15, 0.2) is 0 Å². The molecule has 2 fully saturated rings. The predicted molar refractivity (Wildman–Crippen MR) is 83.9 cm³/mol. The molecule has 0 aromatic carbocycles. The van der Waals surface area contributed by atoms with Crippen molar-refractivity contribution in [3.05, 3.63) is 0 Å². The summed E-state index contributed by atoms with van der Waals surface area (Å²) in [5.74, 6) is -0.737. The molecule has 2 rings (SSSR count). The van der Waals surface area contributed by atoms with Crippen molar-refractivity contribution >= 4 is 8.32 Å². The van der Waals surface area contributed by atoms with E-state index in [1.54, 1.807) is 0 Å². The Balaban J connectivity index is 2.23. The molecule has 130 valence electrons. The van der Waals surface area contributed by atoms with Gasteiger partial charge >= 0.3 is 0 Å². The van der Waals surface area contributed by atoms with Gasteiger partial charge in [-0.25, -0.2) is 0 Å². The molecule has 5 atom stereocenters. The zero-order valence-corrected chi connectivity index (χ0v) is 15.6. The molecule has 0 aromatic rings. The number of aliphatic hydroxyl groups is 2. The highest BCUT2D eigenvalue weighted by molar-refractivity contribution is 6.74. The number of hydrogen-bond acceptors (Lipinski definition) is 6. The average Bonchev–Trinajstić information content (AvgIpc) is 2.80. The molecular weight excluding hydrogens is 304 g/mol. The van der Waals surface area contributed by atoms with Gasteiger partial charge in [-0.1, -0.05) is 20.8 Å². The van der Waals surface area contributed by atoms with E-state index in [4.69, 9.17) is 18.6 Å². The third kappa shape index (κ3) is 3.40. The van der Waals surface area contributed by atoms with E-state index < -0.39 is 44.8 Å². The van der Waals surface area contributed by atoms with Gasteiger partial charge in [-0.3, -0.25) is 0 Å². The summed E-state index contributed by atoms with van der Waals surface area (Å²) >= 11 is 0. The maximum atomic E-state index is 10.1. The second kappa shape index (κ2) is 5.80. The molecule has 2 aliphatic heterocycles. The fourth-order valence-electron chi connectivity index (χ4n) is 2.57. The van der Waals surface area contributed by atoms with Gasteiger partial charge in [-0.2, -0.15) is 0 Å². The van der Waals surface area contributed by atoms with E-state index >= 15 is 0 Å². The summed E-state index contributed by atoms with van der Waals surface area (Å²) in [6, 6.07) is 0. The highest BCUT2D eigenvalue weighted by atomic mass is 28.4. The summed E-state index contributed by atoms with van der Waals surface area (Å²) in [5.41, 5.74) is 0. The highest BCUT2D eigenvalue weighted by Gasteiger charge is 2.58. The first-order chi connectivity index (χ1) is 9.88. The Bertz CT molecular complexity index is 405. The quantitative estimate of drug-likeness (QED) is 0.761. The molecule has 2 heterocycles. The molecule has 22 heavy (non-hydrogen) atoms. The molecule has 2 saturated heterocycles. The lowest BCUT2D eigenvalue weighted by Gasteiger charge is -2.41. The smallest absolute Gasteiger partial charge is 0.192 e. The van der Waals surface area contributed by atoms with Crippen molar-refractivity contribution in [2.75, 3.05) is 6.61 Å². The van der Waals surface area contributed by atoms with Crippen LogP contribution >= 0.6 is 0 Å². The number of rotatable bonds is 4. The maximum absolute atomic E-state index is 10.1. The van der Waals surface area contributed by atoms with E-state index in [1.807, 2.05) is 13.8 Å². The highest BCUT2D eigenvalue weighted by Crippen LogP contribution is 2.44. The number of hydrogen-bond donors (Lipinski definition) is 2. The fourth-order valence-corrected chi connectivity index (χ4v) is 3.87. The van der Waals surface area contributed by atoms with E-state index in [0.29, 0.717) is 0 Å². The number of ether oxygens (including phenoxy) is 3. The summed E-state index contributed by atoms with van der Waals surface area (Å²) in [6.45, 7) is 14.0. The van der Waals surface area contributed by atoms with Gasteiger partial charge in [-0.05, 0) is 32.0 Å². The molecular formula is C15H30O6Si. The molecule has 7 heteroatoms. The van der Waals surface area contributed by atoms with Crippen LogP contribution in [0.3, 0.4) is 0 Å². The van der Waals surface area contributed by atoms with Gasteiger partial charge in [0.05, 0.1) is 6.61 Å². The van der Waals surface area contributed by atoms with Gasteiger partial charge in [0.15, 0.2) is 20.4 Å². The van der Waals surface area contributed by atoms with Crippen molar-refractivity contribution in [3.63, 3.8) is 0 Å². The standard InChI is InChI=1S/C15H30O6Si/c1-14(2,3)22(6,7)21-11-10(9(17)8-16)18-13-12(11)19-15(4,5)20-13/h9-13,16-17H,8H2,1-7H3/t9-,10-,11-,12-,13-/m1/s1. The second-order valence-corrected chi connectivity index (χ2v) is 12.9. The Labute approximate surface area is 133 Å². The summed E-state index contributed by atoms with van der Waals surface area (Å²) in [5, 5.41) is 19.4. The van der Waals surface area contributed by atoms with Crippen LogP contribution in [-0.2, 0) is 18.6 Å². The maximum Gasteiger partial charge on any atom is 0.192 e. The van der Waals surface area contributed by atoms with E-state index in [0.717, 1.165) is 0 Å². The Morgan fingerprint density at radius 1 is 1.23 bits per heavy atom. The predicted octanol–water partition coefficient (Wildman–Crippen LogP) is 1.61. The largest absolute Gasteiger partial charge is 0.408 e. The minimum absolute atomic E-state index is 0.0226. The van der Waals surface area contributed by atoms with Crippen LogP contribution in [0, 0.1) is 0 Å². The fraction of sp³-hybridized carbons (Fsp3) is 1.00. The van der Waals surface area contributed by atoms with Crippen molar-refractivity contribution in [2.24, 2.45) is 0 Å². The van der Waals surface area contributed by atoms with E-state index in [1.165, 1.54) is 0 Å². The molecule has 0 spiro atoms. The van der Waals surface area contributed by atoms with Gasteiger partial charge < -0.3 is 28.8 Å². The molecule has 0 radical (unpaired) electrons. The molecule has 6 nitrogen and oxygen atoms in total. The van der Waals surface area contributed by atoms with Gasteiger partial charge in [0.2, 0.25) is 0 Å². The van der Waals surface area contributed by atoms with Crippen LogP contribution in [-0.4, -0.2) is 61.6 Å². The van der Waals surface area contributed by atoms with Crippen LogP contribution in [0.1, 0.15) is 34.6 Å². The van der Waals surface area contributed by atoms with Crippen LogP contribution in [0.4, 0.5) is 0 Å². The van der Waals surface area contributed by atoms with Gasteiger partial charge in [0.25, 0.3) is 0 Å². The lowest BCUT2D eigenvalue weighted by Crippen LogP contribution is -2.52. The molecule has 2 aliphatic rings. The third-order valence-corrected chi connectivity index (χ3v) is 9.30. The van der Waals surface area contributed by atoms with Crippen LogP contribution in [0.2, 0.25) is 18.1 Å². The third-order valence-electron chi connectivity index (χ3n) is 4.83. The minimum atomic E-state index is -2.08. The Morgan fingerprint density at radius 3 is 2.32 bits per heavy atom. The molecule has 2 N–H and O–H groups in total. The molecule has 0 saturated carbocycles. The first-order valence-corrected chi connectivity index (χ1v) is 10.8. The Kier molecular flexibility index (Phi) is 4.83. The van der Waals surface area contributed by atoms with Crippen molar-refractivity contribution in [3.8, 4) is 0 Å².